The van der Waals surface area contributed by atoms with Gasteiger partial charge in [-0.3, -0.25) is 9.79 Å². The van der Waals surface area contributed by atoms with Crippen molar-refractivity contribution in [2.24, 2.45) is 4.99 Å². The van der Waals surface area contributed by atoms with Gasteiger partial charge >= 0.3 is 0 Å². The van der Waals surface area contributed by atoms with E-state index in [9.17, 15) is 17.6 Å². The Balaban J connectivity index is 1.65. The lowest BCUT2D eigenvalue weighted by atomic mass is 10.1. The molecule has 0 unspecified atom stereocenters. The van der Waals surface area contributed by atoms with Crippen LogP contribution in [0.5, 0.6) is 0 Å². The van der Waals surface area contributed by atoms with E-state index in [0.29, 0.717) is 26.5 Å². The van der Waals surface area contributed by atoms with Crippen LogP contribution in [0.4, 0.5) is 10.1 Å². The van der Waals surface area contributed by atoms with E-state index in [2.05, 4.69) is 20.9 Å². The monoisotopic (exact) mass is 496 g/mol. The van der Waals surface area contributed by atoms with Crippen molar-refractivity contribution in [1.82, 2.24) is 0 Å². The van der Waals surface area contributed by atoms with E-state index < -0.39 is 9.84 Å². The molecule has 0 aromatic heterocycles. The summed E-state index contributed by atoms with van der Waals surface area (Å²) < 4.78 is 39.2. The van der Waals surface area contributed by atoms with E-state index in [1.54, 1.807) is 30.3 Å². The number of halogens is 2. The Hall–Kier alpha value is -1.71. The van der Waals surface area contributed by atoms with E-state index in [-0.39, 0.29) is 35.2 Å². The van der Waals surface area contributed by atoms with Crippen LogP contribution >= 0.6 is 27.7 Å². The third-order valence-electron chi connectivity index (χ3n) is 5.01. The zero-order chi connectivity index (χ0) is 20.8. The SMILES string of the molecule is CC(=O)c1cccc(N2C(SCc3ccc(Br)cc3F)=N[C@@H]3CS(=O)(=O)C[C@@H]32)c1. The first-order chi connectivity index (χ1) is 13.7. The molecular weight excluding hydrogens is 479 g/mol. The van der Waals surface area contributed by atoms with E-state index in [0.717, 1.165) is 5.69 Å². The molecule has 0 saturated carbocycles. The highest BCUT2D eigenvalue weighted by molar-refractivity contribution is 9.10. The van der Waals surface area contributed by atoms with Crippen molar-refractivity contribution in [2.75, 3.05) is 16.4 Å². The third kappa shape index (κ3) is 4.27. The largest absolute Gasteiger partial charge is 0.315 e. The number of amidine groups is 1. The minimum absolute atomic E-state index is 0.0112. The maximum absolute atomic E-state index is 14.2. The van der Waals surface area contributed by atoms with Crippen LogP contribution in [-0.4, -0.2) is 43.0 Å². The Bertz CT molecular complexity index is 1120. The van der Waals surface area contributed by atoms with Gasteiger partial charge < -0.3 is 4.90 Å². The molecule has 0 radical (unpaired) electrons. The number of anilines is 1. The molecule has 1 saturated heterocycles. The van der Waals surface area contributed by atoms with Gasteiger partial charge in [0.2, 0.25) is 0 Å². The molecule has 152 valence electrons. The van der Waals surface area contributed by atoms with Crippen molar-refractivity contribution in [3.63, 3.8) is 0 Å². The van der Waals surface area contributed by atoms with Gasteiger partial charge in [0.15, 0.2) is 20.8 Å². The number of benzene rings is 2. The highest BCUT2D eigenvalue weighted by Crippen LogP contribution is 2.36. The predicted molar refractivity (Wildman–Crippen MR) is 118 cm³/mol. The molecule has 0 N–H and O–H groups in total. The maximum Gasteiger partial charge on any atom is 0.164 e. The molecule has 1 fully saturated rings. The Morgan fingerprint density at radius 2 is 2.07 bits per heavy atom. The molecular formula is C20H18BrFN2O3S2. The number of carbonyl (C=O) groups is 1. The molecule has 29 heavy (non-hydrogen) atoms. The second-order valence-electron chi connectivity index (χ2n) is 7.12. The molecule has 2 aromatic carbocycles. The Kier molecular flexibility index (Phi) is 5.56. The van der Waals surface area contributed by atoms with E-state index >= 15 is 0 Å². The lowest BCUT2D eigenvalue weighted by Crippen LogP contribution is -2.39. The average Bonchev–Trinajstić information content (AvgIpc) is 3.12. The number of Topliss-reactive ketones (excluding diaryl/α,β-unsaturated/α-hetero) is 1. The normalized spacial score (nSPS) is 22.4. The molecule has 0 spiro atoms. The lowest BCUT2D eigenvalue weighted by Gasteiger charge is -2.27. The minimum atomic E-state index is -3.17. The fourth-order valence-corrected chi connectivity index (χ4v) is 6.88. The Morgan fingerprint density at radius 1 is 1.28 bits per heavy atom. The number of rotatable bonds is 4. The number of carbonyl (C=O) groups excluding carboxylic acids is 1. The van der Waals surface area contributed by atoms with Crippen LogP contribution in [0.2, 0.25) is 0 Å². The van der Waals surface area contributed by atoms with Gasteiger partial charge in [0.1, 0.15) is 5.82 Å². The van der Waals surface area contributed by atoms with Crippen LogP contribution in [0.3, 0.4) is 0 Å². The van der Waals surface area contributed by atoms with Crippen LogP contribution in [-0.2, 0) is 15.6 Å². The first kappa shape index (κ1) is 20.6. The van der Waals surface area contributed by atoms with E-state index in [1.165, 1.54) is 24.8 Å². The minimum Gasteiger partial charge on any atom is -0.315 e. The van der Waals surface area contributed by atoms with Gasteiger partial charge in [0.25, 0.3) is 0 Å². The number of fused-ring (bicyclic) bond motifs is 1. The summed E-state index contributed by atoms with van der Waals surface area (Å²) >= 11 is 4.62. The van der Waals surface area contributed by atoms with Crippen molar-refractivity contribution >= 4 is 54.2 Å². The number of aliphatic imine (C=N–C) groups is 1. The highest BCUT2D eigenvalue weighted by Gasteiger charge is 2.47. The van der Waals surface area contributed by atoms with Crippen LogP contribution in [0.1, 0.15) is 22.8 Å². The second kappa shape index (κ2) is 7.85. The summed E-state index contributed by atoms with van der Waals surface area (Å²) in [5, 5.41) is 0.651. The maximum atomic E-state index is 14.2. The van der Waals surface area contributed by atoms with Gasteiger partial charge in [-0.25, -0.2) is 12.8 Å². The smallest absolute Gasteiger partial charge is 0.164 e. The quantitative estimate of drug-likeness (QED) is 0.596. The molecule has 2 aliphatic heterocycles. The van der Waals surface area contributed by atoms with Crippen molar-refractivity contribution in [2.45, 2.75) is 24.8 Å². The second-order valence-corrected chi connectivity index (χ2v) is 11.1. The van der Waals surface area contributed by atoms with E-state index in [1.807, 2.05) is 11.0 Å². The summed E-state index contributed by atoms with van der Waals surface area (Å²) in [5.41, 5.74) is 1.82. The zero-order valence-electron chi connectivity index (χ0n) is 15.5. The number of nitrogens with zero attached hydrogens (tertiary/aromatic N) is 2. The standard InChI is InChI=1S/C20H18BrFN2O3S2/c1-12(25)13-3-2-4-16(7-13)24-19-11-29(26,27)10-18(19)23-20(24)28-9-14-5-6-15(21)8-17(14)22/h2-8,18-19H,9-11H2,1H3/t18-,19+/m1/s1. The van der Waals surface area contributed by atoms with Gasteiger partial charge in [-0.1, -0.05) is 45.9 Å². The summed E-state index contributed by atoms with van der Waals surface area (Å²) in [4.78, 5) is 18.3. The highest BCUT2D eigenvalue weighted by atomic mass is 79.9. The summed E-state index contributed by atoms with van der Waals surface area (Å²) in [7, 11) is -3.17. The van der Waals surface area contributed by atoms with Crippen molar-refractivity contribution in [3.05, 3.63) is 63.9 Å². The van der Waals surface area contributed by atoms with Crippen molar-refractivity contribution < 1.29 is 17.6 Å². The van der Waals surface area contributed by atoms with Crippen LogP contribution in [0.25, 0.3) is 0 Å². The fraction of sp³-hybridized carbons (Fsp3) is 0.300. The summed E-state index contributed by atoms with van der Waals surface area (Å²) in [6.07, 6.45) is 0. The number of hydrogen-bond acceptors (Lipinski definition) is 6. The average molecular weight is 497 g/mol. The Labute approximate surface area is 181 Å². The summed E-state index contributed by atoms with van der Waals surface area (Å²) in [5.74, 6) is 0.0232. The predicted octanol–water partition coefficient (Wildman–Crippen LogP) is 4.07. The fourth-order valence-electron chi connectivity index (χ4n) is 3.59. The topological polar surface area (TPSA) is 66.8 Å². The number of hydrogen-bond donors (Lipinski definition) is 0. The molecule has 0 amide bonds. The van der Waals surface area contributed by atoms with Crippen LogP contribution in [0.15, 0.2) is 51.9 Å². The molecule has 0 aliphatic carbocycles. The number of sulfone groups is 1. The zero-order valence-corrected chi connectivity index (χ0v) is 18.7. The molecule has 2 aromatic rings. The number of thioether (sulfide) groups is 1. The van der Waals surface area contributed by atoms with Crippen LogP contribution in [0, 0.1) is 5.82 Å². The first-order valence-electron chi connectivity index (χ1n) is 8.99. The summed E-state index contributed by atoms with van der Waals surface area (Å²) in [6, 6.07) is 11.4. The van der Waals surface area contributed by atoms with Gasteiger partial charge in [-0.15, -0.1) is 0 Å². The molecule has 5 nitrogen and oxygen atoms in total. The number of ketones is 1. The van der Waals surface area contributed by atoms with Crippen molar-refractivity contribution in [1.29, 1.82) is 0 Å². The summed E-state index contributed by atoms with van der Waals surface area (Å²) in [6.45, 7) is 1.49. The third-order valence-corrected chi connectivity index (χ3v) is 8.22. The molecule has 2 aliphatic rings. The van der Waals surface area contributed by atoms with Gasteiger partial charge in [-0.05, 0) is 36.8 Å². The molecule has 9 heteroatoms. The Morgan fingerprint density at radius 3 is 2.79 bits per heavy atom. The molecule has 4 rings (SSSR count). The first-order valence-corrected chi connectivity index (χ1v) is 12.6. The molecule has 0 bridgehead atoms. The molecule has 2 heterocycles. The van der Waals surface area contributed by atoms with Gasteiger partial charge in [-0.2, -0.15) is 0 Å². The molecule has 2 atom stereocenters. The van der Waals surface area contributed by atoms with Gasteiger partial charge in [0.05, 0.1) is 23.6 Å². The van der Waals surface area contributed by atoms with Crippen LogP contribution < -0.4 is 4.90 Å². The van der Waals surface area contributed by atoms with Gasteiger partial charge in [0, 0.05) is 21.5 Å². The lowest BCUT2D eigenvalue weighted by molar-refractivity contribution is 0.101. The van der Waals surface area contributed by atoms with Crippen molar-refractivity contribution in [3.8, 4) is 0 Å². The van der Waals surface area contributed by atoms with E-state index in [4.69, 9.17) is 0 Å².